The lowest BCUT2D eigenvalue weighted by atomic mass is 10.1. The van der Waals surface area contributed by atoms with Gasteiger partial charge in [-0.15, -0.1) is 0 Å². The maximum Gasteiger partial charge on any atom is 0.240 e. The molecule has 2 aromatic carbocycles. The Bertz CT molecular complexity index is 1220. The van der Waals surface area contributed by atoms with Gasteiger partial charge in [0.15, 0.2) is 5.16 Å². The number of nitrogens with two attached hydrogens (primary N) is 1. The highest BCUT2D eigenvalue weighted by atomic mass is 32.2. The number of fused-ring (bicyclic) bond motifs is 1. The van der Waals surface area contributed by atoms with E-state index in [2.05, 4.69) is 11.5 Å². The van der Waals surface area contributed by atoms with E-state index in [1.807, 2.05) is 35.2 Å². The molecule has 1 amide bonds. The number of aromatic nitrogens is 2. The zero-order valence-corrected chi connectivity index (χ0v) is 20.1. The molecular weight excluding hydrogens is 460 g/mol. The Balaban J connectivity index is 1.76. The molecule has 1 fully saturated rings. The molecule has 1 aliphatic rings. The van der Waals surface area contributed by atoms with Gasteiger partial charge >= 0.3 is 0 Å². The third-order valence-electron chi connectivity index (χ3n) is 5.62. The van der Waals surface area contributed by atoms with E-state index in [4.69, 9.17) is 14.9 Å². The van der Waals surface area contributed by atoms with Crippen LogP contribution in [0.15, 0.2) is 58.6 Å². The molecule has 33 heavy (non-hydrogen) atoms. The number of primary sulfonamides is 1. The van der Waals surface area contributed by atoms with Gasteiger partial charge in [0, 0.05) is 19.6 Å². The van der Waals surface area contributed by atoms with Gasteiger partial charge in [-0.3, -0.25) is 4.79 Å². The molecule has 1 saturated heterocycles. The highest BCUT2D eigenvalue weighted by Crippen LogP contribution is 2.38. The highest BCUT2D eigenvalue weighted by molar-refractivity contribution is 8.00. The zero-order valence-electron chi connectivity index (χ0n) is 18.5. The largest absolute Gasteiger partial charge is 0.378 e. The van der Waals surface area contributed by atoms with Crippen LogP contribution in [0, 0.1) is 0 Å². The van der Waals surface area contributed by atoms with Crippen molar-refractivity contribution in [2.24, 2.45) is 5.14 Å². The molecule has 4 rings (SSSR count). The van der Waals surface area contributed by atoms with Gasteiger partial charge in [0.05, 0.1) is 29.1 Å². The predicted octanol–water partition coefficient (Wildman–Crippen LogP) is 3.18. The smallest absolute Gasteiger partial charge is 0.240 e. The molecule has 8 nitrogen and oxygen atoms in total. The number of hydrogen-bond donors (Lipinski definition) is 1. The molecule has 0 radical (unpaired) electrons. The molecule has 10 heteroatoms. The summed E-state index contributed by atoms with van der Waals surface area (Å²) in [5.41, 5.74) is 2.27. The topological polar surface area (TPSA) is 108 Å². The summed E-state index contributed by atoms with van der Waals surface area (Å²) in [6.45, 7) is 5.02. The Morgan fingerprint density at radius 3 is 2.58 bits per heavy atom. The van der Waals surface area contributed by atoms with Crippen LogP contribution in [0.1, 0.15) is 30.6 Å². The summed E-state index contributed by atoms with van der Waals surface area (Å²) in [5.74, 6) is 0.0221. The zero-order chi connectivity index (χ0) is 23.4. The van der Waals surface area contributed by atoms with Crippen LogP contribution in [0.3, 0.4) is 0 Å². The van der Waals surface area contributed by atoms with Crippen LogP contribution in [0.5, 0.6) is 0 Å². The predicted molar refractivity (Wildman–Crippen MR) is 128 cm³/mol. The monoisotopic (exact) mass is 488 g/mol. The number of thioether (sulfide) groups is 1. The second-order valence-corrected chi connectivity index (χ2v) is 10.6. The molecule has 1 aliphatic heterocycles. The fraction of sp³-hybridized carbons (Fsp3) is 0.391. The van der Waals surface area contributed by atoms with E-state index in [-0.39, 0.29) is 10.8 Å². The summed E-state index contributed by atoms with van der Waals surface area (Å²) in [4.78, 5) is 20.2. The first-order valence-corrected chi connectivity index (χ1v) is 13.4. The Morgan fingerprint density at radius 1 is 1.18 bits per heavy atom. The van der Waals surface area contributed by atoms with Crippen molar-refractivity contribution in [3.8, 4) is 0 Å². The average Bonchev–Trinajstić information content (AvgIpc) is 3.17. The molecule has 0 spiro atoms. The normalized spacial score (nSPS) is 15.6. The van der Waals surface area contributed by atoms with Crippen molar-refractivity contribution in [2.75, 3.05) is 26.3 Å². The number of sulfonamides is 1. The molecule has 0 aliphatic carbocycles. The highest BCUT2D eigenvalue weighted by Gasteiger charge is 2.30. The van der Waals surface area contributed by atoms with Crippen molar-refractivity contribution in [1.29, 1.82) is 0 Å². The molecule has 3 aromatic rings. The molecule has 1 aromatic heterocycles. The second-order valence-electron chi connectivity index (χ2n) is 7.94. The van der Waals surface area contributed by atoms with Crippen molar-refractivity contribution in [3.05, 3.63) is 54.1 Å². The van der Waals surface area contributed by atoms with Gasteiger partial charge in [0.2, 0.25) is 15.9 Å². The molecule has 1 atom stereocenters. The summed E-state index contributed by atoms with van der Waals surface area (Å²) in [6, 6.07) is 14.4. The fourth-order valence-corrected chi connectivity index (χ4v) is 5.59. The van der Waals surface area contributed by atoms with Crippen LogP contribution in [-0.2, 0) is 26.1 Å². The van der Waals surface area contributed by atoms with Gasteiger partial charge in [-0.1, -0.05) is 55.4 Å². The Morgan fingerprint density at radius 2 is 1.91 bits per heavy atom. The summed E-state index contributed by atoms with van der Waals surface area (Å²) >= 11 is 1.40. The van der Waals surface area contributed by atoms with Crippen LogP contribution < -0.4 is 5.14 Å². The van der Waals surface area contributed by atoms with Gasteiger partial charge in [-0.05, 0) is 30.2 Å². The van der Waals surface area contributed by atoms with Gasteiger partial charge < -0.3 is 14.2 Å². The number of aryl methyl sites for hydroxylation is 1. The lowest BCUT2D eigenvalue weighted by molar-refractivity contribution is -0.134. The van der Waals surface area contributed by atoms with Crippen LogP contribution >= 0.6 is 11.8 Å². The first-order valence-electron chi connectivity index (χ1n) is 11.0. The SMILES string of the molecule is CCCCn1c(SC(C(=O)N2CCOCC2)c2ccccc2)nc2cc(S(N)(=O)=O)ccc21. The Hall–Kier alpha value is -2.40. The third kappa shape index (κ3) is 5.40. The van der Waals surface area contributed by atoms with E-state index >= 15 is 0 Å². The van der Waals surface area contributed by atoms with Crippen LogP contribution in [0.2, 0.25) is 0 Å². The van der Waals surface area contributed by atoms with Crippen molar-refractivity contribution in [1.82, 2.24) is 14.5 Å². The number of imidazole rings is 1. The number of amides is 1. The van der Waals surface area contributed by atoms with Gasteiger partial charge in [-0.2, -0.15) is 0 Å². The maximum absolute atomic E-state index is 13.5. The average molecular weight is 489 g/mol. The molecule has 176 valence electrons. The number of benzene rings is 2. The summed E-state index contributed by atoms with van der Waals surface area (Å²) in [6.07, 6.45) is 1.93. The quantitative estimate of drug-likeness (QED) is 0.488. The molecule has 1 unspecified atom stereocenters. The van der Waals surface area contributed by atoms with Gasteiger partial charge in [0.1, 0.15) is 5.25 Å². The van der Waals surface area contributed by atoms with Gasteiger partial charge in [0.25, 0.3) is 0 Å². The molecule has 2 heterocycles. The summed E-state index contributed by atoms with van der Waals surface area (Å²) in [7, 11) is -3.84. The first-order chi connectivity index (χ1) is 15.9. The lowest BCUT2D eigenvalue weighted by Crippen LogP contribution is -2.42. The molecular formula is C23H28N4O4S2. The fourth-order valence-electron chi connectivity index (χ4n) is 3.83. The number of ether oxygens (including phenoxy) is 1. The minimum atomic E-state index is -3.84. The number of nitrogens with zero attached hydrogens (tertiary/aromatic N) is 3. The Kier molecular flexibility index (Phi) is 7.38. The van der Waals surface area contributed by atoms with E-state index in [1.54, 1.807) is 6.07 Å². The molecule has 0 saturated carbocycles. The van der Waals surface area contributed by atoms with E-state index in [9.17, 15) is 13.2 Å². The van der Waals surface area contributed by atoms with E-state index < -0.39 is 15.3 Å². The number of hydrogen-bond acceptors (Lipinski definition) is 6. The van der Waals surface area contributed by atoms with Crippen molar-refractivity contribution < 1.29 is 17.9 Å². The minimum Gasteiger partial charge on any atom is -0.378 e. The molecule has 2 N–H and O–H groups in total. The maximum atomic E-state index is 13.5. The van der Waals surface area contributed by atoms with Crippen molar-refractivity contribution in [2.45, 2.75) is 41.6 Å². The van der Waals surface area contributed by atoms with Crippen molar-refractivity contribution in [3.63, 3.8) is 0 Å². The summed E-state index contributed by atoms with van der Waals surface area (Å²) < 4.78 is 31.2. The minimum absolute atomic E-state index is 0.0221. The lowest BCUT2D eigenvalue weighted by Gasteiger charge is -2.30. The number of carbonyl (C=O) groups is 1. The van der Waals surface area contributed by atoms with Gasteiger partial charge in [-0.25, -0.2) is 18.5 Å². The second kappa shape index (κ2) is 10.3. The standard InChI is InChI=1S/C23H28N4O4S2/c1-2-3-11-27-20-10-9-18(33(24,29)30)16-19(20)25-23(27)32-21(17-7-5-4-6-8-17)22(28)26-12-14-31-15-13-26/h4-10,16,21H,2-3,11-15H2,1H3,(H2,24,29,30). The number of rotatable bonds is 8. The summed E-state index contributed by atoms with van der Waals surface area (Å²) in [5, 5.41) is 5.53. The van der Waals surface area contributed by atoms with Crippen molar-refractivity contribution >= 4 is 38.7 Å². The molecule has 0 bridgehead atoms. The van der Waals surface area contributed by atoms with Crippen LogP contribution in [0.4, 0.5) is 0 Å². The number of unbranched alkanes of at least 4 members (excludes halogenated alkanes) is 1. The van der Waals surface area contributed by atoms with Crippen LogP contribution in [-0.4, -0.2) is 55.1 Å². The number of carbonyl (C=O) groups excluding carboxylic acids is 1. The first kappa shape index (κ1) is 23.7. The Labute approximate surface area is 198 Å². The third-order valence-corrected chi connectivity index (χ3v) is 7.76. The van der Waals surface area contributed by atoms with Crippen LogP contribution in [0.25, 0.3) is 11.0 Å². The van der Waals surface area contributed by atoms with E-state index in [1.165, 1.54) is 23.9 Å². The van der Waals surface area contributed by atoms with E-state index in [0.717, 1.165) is 30.5 Å². The number of morpholine rings is 1. The van der Waals surface area contributed by atoms with E-state index in [0.29, 0.717) is 37.0 Å².